The minimum Gasteiger partial charge on any atom is -0.469 e. The van der Waals surface area contributed by atoms with Gasteiger partial charge in [-0.1, -0.05) is 6.08 Å². The van der Waals surface area contributed by atoms with Gasteiger partial charge >= 0.3 is 5.97 Å². The molecule has 0 radical (unpaired) electrons. The van der Waals surface area contributed by atoms with Crippen LogP contribution in [0.2, 0.25) is 0 Å². The van der Waals surface area contributed by atoms with Crippen molar-refractivity contribution >= 4 is 17.7 Å². The quantitative estimate of drug-likeness (QED) is 0.318. The van der Waals surface area contributed by atoms with Gasteiger partial charge in [-0.25, -0.2) is 4.68 Å². The summed E-state index contributed by atoms with van der Waals surface area (Å²) < 4.78 is 6.55. The fourth-order valence-electron chi connectivity index (χ4n) is 3.35. The van der Waals surface area contributed by atoms with Gasteiger partial charge in [0.05, 0.1) is 23.4 Å². The molecule has 142 valence electrons. The van der Waals surface area contributed by atoms with E-state index in [9.17, 15) is 14.9 Å². The summed E-state index contributed by atoms with van der Waals surface area (Å²) in [5.41, 5.74) is 4.30. The van der Waals surface area contributed by atoms with Crippen molar-refractivity contribution in [1.82, 2.24) is 9.78 Å². The van der Waals surface area contributed by atoms with Crippen LogP contribution in [-0.4, -0.2) is 27.8 Å². The Bertz CT molecular complexity index is 853. The number of esters is 1. The third-order valence-corrected chi connectivity index (χ3v) is 4.77. The van der Waals surface area contributed by atoms with Crippen LogP contribution in [0.3, 0.4) is 0 Å². The molecule has 1 aliphatic rings. The molecule has 27 heavy (non-hydrogen) atoms. The predicted octanol–water partition coefficient (Wildman–Crippen LogP) is 4.02. The van der Waals surface area contributed by atoms with Crippen molar-refractivity contribution in [2.24, 2.45) is 0 Å². The zero-order chi connectivity index (χ0) is 19.2. The van der Waals surface area contributed by atoms with Crippen LogP contribution in [-0.2, 0) is 22.4 Å². The van der Waals surface area contributed by atoms with Crippen LogP contribution in [0.25, 0.3) is 11.8 Å². The van der Waals surface area contributed by atoms with Crippen LogP contribution in [0.1, 0.15) is 49.1 Å². The molecular weight excluding hydrogens is 346 g/mol. The van der Waals surface area contributed by atoms with Crippen molar-refractivity contribution in [2.45, 2.75) is 44.9 Å². The highest BCUT2D eigenvalue weighted by molar-refractivity contribution is 5.69. The second kappa shape index (κ2) is 8.62. The number of unbranched alkanes of at least 4 members (excludes halogenated alkanes) is 1. The van der Waals surface area contributed by atoms with Gasteiger partial charge in [-0.15, -0.1) is 0 Å². The van der Waals surface area contributed by atoms with E-state index in [0.717, 1.165) is 49.9 Å². The van der Waals surface area contributed by atoms with E-state index in [1.165, 1.54) is 30.5 Å². The number of methoxy groups -OCH3 is 1. The summed E-state index contributed by atoms with van der Waals surface area (Å²) in [6, 6.07) is 6.50. The van der Waals surface area contributed by atoms with Crippen molar-refractivity contribution in [3.8, 4) is 5.69 Å². The lowest BCUT2D eigenvalue weighted by atomic mass is 9.95. The van der Waals surface area contributed by atoms with Gasteiger partial charge in [0.15, 0.2) is 0 Å². The maximum Gasteiger partial charge on any atom is 0.305 e. The molecule has 1 aromatic heterocycles. The van der Waals surface area contributed by atoms with Crippen molar-refractivity contribution in [1.29, 1.82) is 0 Å². The topological polar surface area (TPSA) is 87.3 Å². The number of nitro benzene ring substituents is 1. The number of carbonyl (C=O) groups excluding carboxylic acids is 1. The van der Waals surface area contributed by atoms with Gasteiger partial charge in [0.1, 0.15) is 0 Å². The Balaban J connectivity index is 1.80. The first-order chi connectivity index (χ1) is 13.1. The molecule has 3 rings (SSSR count). The monoisotopic (exact) mass is 369 g/mol. The number of aromatic nitrogens is 2. The van der Waals surface area contributed by atoms with E-state index in [1.54, 1.807) is 12.1 Å². The molecule has 0 saturated heterocycles. The fraction of sp³-hybridized carbons (Fsp3) is 0.400. The van der Waals surface area contributed by atoms with E-state index < -0.39 is 4.92 Å². The first-order valence-electron chi connectivity index (χ1n) is 9.19. The largest absolute Gasteiger partial charge is 0.469 e. The Hall–Kier alpha value is -2.96. The predicted molar refractivity (Wildman–Crippen MR) is 102 cm³/mol. The maximum atomic E-state index is 11.2. The molecule has 7 heteroatoms. The van der Waals surface area contributed by atoms with Crippen LogP contribution in [0.5, 0.6) is 0 Å². The molecule has 1 heterocycles. The molecule has 0 fully saturated rings. The highest BCUT2D eigenvalue weighted by Gasteiger charge is 2.20. The maximum absolute atomic E-state index is 11.2. The fourth-order valence-corrected chi connectivity index (χ4v) is 3.35. The van der Waals surface area contributed by atoms with Crippen LogP contribution < -0.4 is 0 Å². The lowest BCUT2D eigenvalue weighted by molar-refractivity contribution is -0.384. The molecule has 1 aromatic carbocycles. The summed E-state index contributed by atoms with van der Waals surface area (Å²) >= 11 is 0. The molecular formula is C20H23N3O4. The number of ether oxygens (including phenoxy) is 1. The molecule has 0 N–H and O–H groups in total. The highest BCUT2D eigenvalue weighted by atomic mass is 16.6. The average Bonchev–Trinajstić information content (AvgIpc) is 3.06. The zero-order valence-corrected chi connectivity index (χ0v) is 15.4. The molecule has 0 spiro atoms. The van der Waals surface area contributed by atoms with Crippen molar-refractivity contribution in [3.05, 3.63) is 57.4 Å². The highest BCUT2D eigenvalue weighted by Crippen LogP contribution is 2.28. The number of hydrogen-bond donors (Lipinski definition) is 0. The van der Waals surface area contributed by atoms with Crippen LogP contribution >= 0.6 is 0 Å². The number of nitrogens with zero attached hydrogens (tertiary/aromatic N) is 3. The molecule has 7 nitrogen and oxygen atoms in total. The van der Waals surface area contributed by atoms with Crippen molar-refractivity contribution in [2.75, 3.05) is 7.11 Å². The number of hydrogen-bond acceptors (Lipinski definition) is 5. The van der Waals surface area contributed by atoms with Gasteiger partial charge in [0, 0.05) is 29.8 Å². The summed E-state index contributed by atoms with van der Waals surface area (Å²) in [6.45, 7) is 0. The molecule has 0 amide bonds. The van der Waals surface area contributed by atoms with E-state index in [2.05, 4.69) is 4.74 Å². The van der Waals surface area contributed by atoms with Gasteiger partial charge in [-0.05, 0) is 56.7 Å². The molecule has 0 unspecified atom stereocenters. The Morgan fingerprint density at radius 3 is 2.74 bits per heavy atom. The van der Waals surface area contributed by atoms with Crippen LogP contribution in [0.15, 0.2) is 30.3 Å². The molecule has 0 aliphatic heterocycles. The third-order valence-electron chi connectivity index (χ3n) is 4.77. The van der Waals surface area contributed by atoms with Crippen molar-refractivity contribution < 1.29 is 14.5 Å². The third kappa shape index (κ3) is 4.42. The van der Waals surface area contributed by atoms with E-state index in [-0.39, 0.29) is 11.7 Å². The smallest absolute Gasteiger partial charge is 0.305 e. The Kier molecular flexibility index (Phi) is 6.01. The minimum atomic E-state index is -0.398. The van der Waals surface area contributed by atoms with Crippen molar-refractivity contribution in [3.63, 3.8) is 0 Å². The number of nitro groups is 1. The zero-order valence-electron chi connectivity index (χ0n) is 15.4. The molecule has 1 aliphatic carbocycles. The number of carbonyl (C=O) groups is 1. The molecule has 2 aromatic rings. The Morgan fingerprint density at radius 1 is 1.30 bits per heavy atom. The first-order valence-corrected chi connectivity index (χ1v) is 9.19. The van der Waals surface area contributed by atoms with Crippen LogP contribution in [0.4, 0.5) is 5.69 Å². The van der Waals surface area contributed by atoms with E-state index in [0.29, 0.717) is 6.42 Å². The number of benzene rings is 1. The molecule has 0 saturated carbocycles. The van der Waals surface area contributed by atoms with Gasteiger partial charge in [0.2, 0.25) is 0 Å². The first kappa shape index (κ1) is 18.8. The van der Waals surface area contributed by atoms with Gasteiger partial charge in [0.25, 0.3) is 5.69 Å². The van der Waals surface area contributed by atoms with E-state index in [4.69, 9.17) is 5.10 Å². The number of non-ortho nitro benzene ring substituents is 1. The lowest BCUT2D eigenvalue weighted by Crippen LogP contribution is -2.07. The van der Waals surface area contributed by atoms with E-state index >= 15 is 0 Å². The summed E-state index contributed by atoms with van der Waals surface area (Å²) in [5, 5.41) is 15.6. The second-order valence-electron chi connectivity index (χ2n) is 6.57. The number of rotatable bonds is 7. The standard InChI is InChI=1S/C20H23N3O4/c1-27-20(24)10-4-2-3-8-18-17-7-5-6-9-19(17)22(21-18)15-11-13-16(14-12-15)23(25)26/h3,8,11-14H,2,4-7,9-10H2,1H3. The Morgan fingerprint density at radius 2 is 2.04 bits per heavy atom. The summed E-state index contributed by atoms with van der Waals surface area (Å²) in [6.07, 6.45) is 10.2. The van der Waals surface area contributed by atoms with Gasteiger partial charge < -0.3 is 4.74 Å². The lowest BCUT2D eigenvalue weighted by Gasteiger charge is -2.14. The van der Waals surface area contributed by atoms with E-state index in [1.807, 2.05) is 16.8 Å². The molecule has 0 bridgehead atoms. The average molecular weight is 369 g/mol. The van der Waals surface area contributed by atoms with Gasteiger partial charge in [-0.2, -0.15) is 5.10 Å². The normalized spacial score (nSPS) is 13.5. The van der Waals surface area contributed by atoms with Crippen LogP contribution in [0, 0.1) is 10.1 Å². The number of fused-ring (bicyclic) bond motifs is 1. The summed E-state index contributed by atoms with van der Waals surface area (Å²) in [5.74, 6) is -0.191. The SMILES string of the molecule is COC(=O)CCCC=Cc1nn(-c2ccc([N+](=O)[O-])cc2)c2c1CCCC2. The minimum absolute atomic E-state index is 0.0745. The molecule has 0 atom stereocenters. The summed E-state index contributed by atoms with van der Waals surface area (Å²) in [4.78, 5) is 21.6. The second-order valence-corrected chi connectivity index (χ2v) is 6.57. The Labute approximate surface area is 157 Å². The van der Waals surface area contributed by atoms with Gasteiger partial charge in [-0.3, -0.25) is 14.9 Å². The number of allylic oxidation sites excluding steroid dienone is 1. The summed E-state index contributed by atoms with van der Waals surface area (Å²) in [7, 11) is 1.40.